The van der Waals surface area contributed by atoms with E-state index >= 15 is 0 Å². The lowest BCUT2D eigenvalue weighted by molar-refractivity contribution is -0.118. The van der Waals surface area contributed by atoms with Gasteiger partial charge in [-0.3, -0.25) is 4.79 Å². The summed E-state index contributed by atoms with van der Waals surface area (Å²) >= 11 is 0. The Bertz CT molecular complexity index is 395. The van der Waals surface area contributed by atoms with Crippen molar-refractivity contribution >= 4 is 11.6 Å². The van der Waals surface area contributed by atoms with Crippen molar-refractivity contribution in [3.8, 4) is 5.75 Å². The van der Waals surface area contributed by atoms with E-state index in [2.05, 4.69) is 0 Å². The number of rotatable bonds is 5. The molecular formula is C12H16FNO3. The van der Waals surface area contributed by atoms with Crippen molar-refractivity contribution in [3.05, 3.63) is 24.0 Å². The number of nitrogens with zero attached hydrogens (tertiary/aromatic N) is 1. The van der Waals surface area contributed by atoms with Crippen LogP contribution in [0.4, 0.5) is 10.1 Å². The van der Waals surface area contributed by atoms with Crippen molar-refractivity contribution in [1.82, 2.24) is 0 Å². The van der Waals surface area contributed by atoms with Crippen molar-refractivity contribution < 1.29 is 19.0 Å². The highest BCUT2D eigenvalue weighted by atomic mass is 19.1. The van der Waals surface area contributed by atoms with Gasteiger partial charge < -0.3 is 14.7 Å². The van der Waals surface area contributed by atoms with E-state index in [4.69, 9.17) is 9.84 Å². The van der Waals surface area contributed by atoms with Gasteiger partial charge in [-0.15, -0.1) is 0 Å². The SMILES string of the molecule is COc1ccc(F)cc1N(C)C(=O)CCCO. The van der Waals surface area contributed by atoms with Crippen LogP contribution in [0.2, 0.25) is 0 Å². The molecule has 17 heavy (non-hydrogen) atoms. The van der Waals surface area contributed by atoms with Crippen molar-refractivity contribution in [2.75, 3.05) is 25.7 Å². The van der Waals surface area contributed by atoms with Crippen LogP contribution in [0.25, 0.3) is 0 Å². The van der Waals surface area contributed by atoms with Gasteiger partial charge in [-0.25, -0.2) is 4.39 Å². The molecule has 1 aromatic rings. The van der Waals surface area contributed by atoms with Gasteiger partial charge in [0.15, 0.2) is 0 Å². The fourth-order valence-electron chi connectivity index (χ4n) is 1.46. The number of hydrogen-bond acceptors (Lipinski definition) is 3. The highest BCUT2D eigenvalue weighted by Gasteiger charge is 2.15. The van der Waals surface area contributed by atoms with Crippen LogP contribution in [0.1, 0.15) is 12.8 Å². The van der Waals surface area contributed by atoms with Gasteiger partial charge in [0.2, 0.25) is 5.91 Å². The maximum Gasteiger partial charge on any atom is 0.226 e. The van der Waals surface area contributed by atoms with Gasteiger partial charge in [0.1, 0.15) is 11.6 Å². The Balaban J connectivity index is 2.90. The number of benzene rings is 1. The molecule has 4 nitrogen and oxygen atoms in total. The summed E-state index contributed by atoms with van der Waals surface area (Å²) in [5, 5.41) is 8.66. The van der Waals surface area contributed by atoms with Crippen molar-refractivity contribution in [3.63, 3.8) is 0 Å². The molecule has 0 aliphatic rings. The van der Waals surface area contributed by atoms with Gasteiger partial charge >= 0.3 is 0 Å². The first kappa shape index (κ1) is 13.4. The van der Waals surface area contributed by atoms with E-state index in [-0.39, 0.29) is 18.9 Å². The lowest BCUT2D eigenvalue weighted by Crippen LogP contribution is -2.26. The minimum atomic E-state index is -0.428. The smallest absolute Gasteiger partial charge is 0.226 e. The average Bonchev–Trinajstić information content (AvgIpc) is 2.34. The van der Waals surface area contributed by atoms with Crippen LogP contribution >= 0.6 is 0 Å². The average molecular weight is 241 g/mol. The highest BCUT2D eigenvalue weighted by Crippen LogP contribution is 2.28. The van der Waals surface area contributed by atoms with Crippen LogP contribution in [0.15, 0.2) is 18.2 Å². The normalized spacial score (nSPS) is 10.1. The third kappa shape index (κ3) is 3.42. The van der Waals surface area contributed by atoms with Crippen LogP contribution in [0.3, 0.4) is 0 Å². The summed E-state index contributed by atoms with van der Waals surface area (Å²) in [4.78, 5) is 13.0. The maximum atomic E-state index is 13.1. The largest absolute Gasteiger partial charge is 0.495 e. The molecular weight excluding hydrogens is 225 g/mol. The van der Waals surface area contributed by atoms with Crippen LogP contribution in [-0.2, 0) is 4.79 Å². The molecule has 0 fully saturated rings. The molecule has 0 spiro atoms. The minimum absolute atomic E-state index is 0.0418. The molecule has 0 heterocycles. The molecule has 0 aliphatic heterocycles. The number of anilines is 1. The Labute approximate surface area is 99.6 Å². The van der Waals surface area contributed by atoms with E-state index in [1.54, 1.807) is 7.05 Å². The van der Waals surface area contributed by atoms with Crippen LogP contribution in [-0.4, -0.2) is 31.8 Å². The van der Waals surface area contributed by atoms with E-state index < -0.39 is 5.82 Å². The fourth-order valence-corrected chi connectivity index (χ4v) is 1.46. The monoisotopic (exact) mass is 241 g/mol. The molecule has 1 amide bonds. The van der Waals surface area contributed by atoms with Crippen LogP contribution in [0, 0.1) is 5.82 Å². The highest BCUT2D eigenvalue weighted by molar-refractivity contribution is 5.94. The fraction of sp³-hybridized carbons (Fsp3) is 0.417. The molecule has 1 aromatic carbocycles. The second-order valence-corrected chi connectivity index (χ2v) is 3.60. The van der Waals surface area contributed by atoms with Gasteiger partial charge in [-0.05, 0) is 18.6 Å². The number of methoxy groups -OCH3 is 1. The number of hydrogen-bond donors (Lipinski definition) is 1. The molecule has 0 saturated heterocycles. The topological polar surface area (TPSA) is 49.8 Å². The van der Waals surface area contributed by atoms with E-state index in [1.165, 1.54) is 30.2 Å². The first-order chi connectivity index (χ1) is 8.10. The molecule has 0 bridgehead atoms. The van der Waals surface area contributed by atoms with E-state index in [0.717, 1.165) is 0 Å². The van der Waals surface area contributed by atoms with Crippen LogP contribution in [0.5, 0.6) is 5.75 Å². The predicted octanol–water partition coefficient (Wildman–Crippen LogP) is 1.57. The first-order valence-corrected chi connectivity index (χ1v) is 5.31. The zero-order chi connectivity index (χ0) is 12.8. The van der Waals surface area contributed by atoms with Gasteiger partial charge in [-0.1, -0.05) is 0 Å². The summed E-state index contributed by atoms with van der Waals surface area (Å²) in [6, 6.07) is 3.99. The molecule has 0 saturated carbocycles. The number of carbonyl (C=O) groups is 1. The van der Waals surface area contributed by atoms with Gasteiger partial charge in [0.25, 0.3) is 0 Å². The van der Waals surface area contributed by atoms with E-state index in [1.807, 2.05) is 0 Å². The van der Waals surface area contributed by atoms with E-state index in [9.17, 15) is 9.18 Å². The van der Waals surface area contributed by atoms with Crippen LogP contribution < -0.4 is 9.64 Å². The lowest BCUT2D eigenvalue weighted by Gasteiger charge is -2.19. The Kier molecular flexibility index (Phi) is 4.90. The number of carbonyl (C=O) groups excluding carboxylic acids is 1. The molecule has 0 unspecified atom stereocenters. The molecule has 0 aliphatic carbocycles. The summed E-state index contributed by atoms with van der Waals surface area (Å²) in [6.45, 7) is -0.0418. The molecule has 0 atom stereocenters. The Hall–Kier alpha value is -1.62. The lowest BCUT2D eigenvalue weighted by atomic mass is 10.2. The second kappa shape index (κ2) is 6.20. The molecule has 1 N–H and O–H groups in total. The quantitative estimate of drug-likeness (QED) is 0.851. The van der Waals surface area contributed by atoms with Gasteiger partial charge in [0, 0.05) is 26.1 Å². The molecule has 5 heteroatoms. The van der Waals surface area contributed by atoms with Crippen molar-refractivity contribution in [2.45, 2.75) is 12.8 Å². The number of ether oxygens (including phenoxy) is 1. The number of aliphatic hydroxyl groups excluding tert-OH is 1. The molecule has 1 rings (SSSR count). The maximum absolute atomic E-state index is 13.1. The summed E-state index contributed by atoms with van der Waals surface area (Å²) in [6.07, 6.45) is 0.605. The van der Waals surface area contributed by atoms with Gasteiger partial charge in [0.05, 0.1) is 12.8 Å². The third-order valence-corrected chi connectivity index (χ3v) is 2.43. The Morgan fingerprint density at radius 3 is 2.82 bits per heavy atom. The number of aliphatic hydroxyl groups is 1. The standard InChI is InChI=1S/C12H16FNO3/c1-14(12(16)4-3-7-15)10-8-9(13)5-6-11(10)17-2/h5-6,8,15H,3-4,7H2,1-2H3. The minimum Gasteiger partial charge on any atom is -0.495 e. The molecule has 0 radical (unpaired) electrons. The molecule has 94 valence electrons. The number of halogens is 1. The summed E-state index contributed by atoms with van der Waals surface area (Å²) in [7, 11) is 3.01. The summed E-state index contributed by atoms with van der Waals surface area (Å²) in [5.41, 5.74) is 0.385. The Morgan fingerprint density at radius 1 is 1.53 bits per heavy atom. The van der Waals surface area contributed by atoms with Crippen molar-refractivity contribution in [1.29, 1.82) is 0 Å². The van der Waals surface area contributed by atoms with E-state index in [0.29, 0.717) is 17.9 Å². The zero-order valence-corrected chi connectivity index (χ0v) is 9.94. The van der Waals surface area contributed by atoms with Gasteiger partial charge in [-0.2, -0.15) is 0 Å². The molecule has 0 aromatic heterocycles. The summed E-state index contributed by atoms with van der Waals surface area (Å²) in [5.74, 6) is -0.184. The summed E-state index contributed by atoms with van der Waals surface area (Å²) < 4.78 is 18.2. The third-order valence-electron chi connectivity index (χ3n) is 2.43. The first-order valence-electron chi connectivity index (χ1n) is 5.31. The Morgan fingerprint density at radius 2 is 2.24 bits per heavy atom. The predicted molar refractivity (Wildman–Crippen MR) is 62.7 cm³/mol. The second-order valence-electron chi connectivity index (χ2n) is 3.60. The van der Waals surface area contributed by atoms with Crippen molar-refractivity contribution in [2.24, 2.45) is 0 Å². The number of amides is 1. The zero-order valence-electron chi connectivity index (χ0n) is 9.94.